The summed E-state index contributed by atoms with van der Waals surface area (Å²) in [5.74, 6) is 0.410. The molecule has 3 fully saturated rings. The predicted octanol–water partition coefficient (Wildman–Crippen LogP) is 1.45. The molecule has 7 nitrogen and oxygen atoms in total. The van der Waals surface area contributed by atoms with Gasteiger partial charge in [0.25, 0.3) is 5.91 Å². The Bertz CT molecular complexity index is 708. The third-order valence-corrected chi connectivity index (χ3v) is 7.71. The van der Waals surface area contributed by atoms with Crippen LogP contribution in [0.1, 0.15) is 33.8 Å². The molecule has 1 aromatic heterocycles. The third-order valence-electron chi connectivity index (χ3n) is 6.48. The van der Waals surface area contributed by atoms with Crippen LogP contribution in [-0.4, -0.2) is 68.1 Å². The number of amides is 3. The van der Waals surface area contributed by atoms with Gasteiger partial charge in [-0.3, -0.25) is 4.79 Å². The van der Waals surface area contributed by atoms with Gasteiger partial charge in [0, 0.05) is 63.1 Å². The zero-order valence-corrected chi connectivity index (χ0v) is 16.6. The number of fused-ring (bicyclic) bond motifs is 2. The number of primary amides is 1. The van der Waals surface area contributed by atoms with E-state index >= 15 is 0 Å². The van der Waals surface area contributed by atoms with Gasteiger partial charge in [0.1, 0.15) is 5.60 Å². The predicted molar refractivity (Wildman–Crippen MR) is 104 cm³/mol. The summed E-state index contributed by atoms with van der Waals surface area (Å²) in [6.45, 7) is 5.14. The van der Waals surface area contributed by atoms with Crippen molar-refractivity contribution in [2.24, 2.45) is 17.6 Å². The van der Waals surface area contributed by atoms with Crippen LogP contribution in [0.3, 0.4) is 0 Å². The van der Waals surface area contributed by atoms with Crippen LogP contribution in [0.5, 0.6) is 0 Å². The van der Waals surface area contributed by atoms with Gasteiger partial charge in [-0.15, -0.1) is 11.3 Å². The Hall–Kier alpha value is -1.64. The van der Waals surface area contributed by atoms with Crippen LogP contribution in [0.15, 0.2) is 12.1 Å². The van der Waals surface area contributed by atoms with E-state index in [-0.39, 0.29) is 17.5 Å². The van der Waals surface area contributed by atoms with E-state index in [0.29, 0.717) is 16.7 Å². The molecule has 2 bridgehead atoms. The largest absolute Gasteiger partial charge is 0.372 e. The molecule has 0 spiro atoms. The van der Waals surface area contributed by atoms with Crippen LogP contribution in [0.25, 0.3) is 0 Å². The molecular weight excluding hydrogens is 364 g/mol. The summed E-state index contributed by atoms with van der Waals surface area (Å²) in [5, 5.41) is 2.86. The number of nitrogens with zero attached hydrogens (tertiary/aromatic N) is 2. The van der Waals surface area contributed by atoms with Crippen molar-refractivity contribution < 1.29 is 14.3 Å². The second-order valence-electron chi connectivity index (χ2n) is 7.83. The number of urea groups is 1. The fraction of sp³-hybridized carbons (Fsp3) is 0.684. The molecule has 2 aliphatic heterocycles. The van der Waals surface area contributed by atoms with Gasteiger partial charge in [-0.1, -0.05) is 6.42 Å². The molecule has 2 saturated heterocycles. The Balaban J connectivity index is 1.51. The number of piperidine rings is 1. The van der Waals surface area contributed by atoms with Gasteiger partial charge in [0.15, 0.2) is 0 Å². The Morgan fingerprint density at radius 1 is 1.33 bits per heavy atom. The van der Waals surface area contributed by atoms with Crippen molar-refractivity contribution in [3.8, 4) is 0 Å². The summed E-state index contributed by atoms with van der Waals surface area (Å²) in [4.78, 5) is 29.5. The monoisotopic (exact) mass is 392 g/mol. The minimum absolute atomic E-state index is 0.0519. The highest BCUT2D eigenvalue weighted by Gasteiger charge is 2.53. The fourth-order valence-electron chi connectivity index (χ4n) is 5.21. The average molecular weight is 393 g/mol. The zero-order chi connectivity index (χ0) is 19.0. The lowest BCUT2D eigenvalue weighted by Crippen LogP contribution is -2.59. The van der Waals surface area contributed by atoms with E-state index in [2.05, 4.69) is 10.2 Å². The lowest BCUT2D eigenvalue weighted by Gasteiger charge is -2.55. The van der Waals surface area contributed by atoms with Gasteiger partial charge < -0.3 is 25.6 Å². The van der Waals surface area contributed by atoms with E-state index in [1.807, 2.05) is 17.0 Å². The lowest BCUT2D eigenvalue weighted by molar-refractivity contribution is -0.166. The number of thiophene rings is 1. The molecule has 3 aliphatic rings. The molecule has 0 radical (unpaired) electrons. The maximum atomic E-state index is 11.8. The molecule has 3 N–H and O–H groups in total. The number of nitrogens with one attached hydrogen (secondary N) is 1. The molecular formula is C19H28N4O3S. The number of likely N-dealkylation sites (tertiary alicyclic amines) is 1. The number of ether oxygens (including phenoxy) is 1. The summed E-state index contributed by atoms with van der Waals surface area (Å²) in [5.41, 5.74) is 5.15. The maximum Gasteiger partial charge on any atom is 0.317 e. The normalized spacial score (nSPS) is 31.1. The SMILES string of the molecule is COC1(c2ccc(C(N)=O)s2)C2CCCC1CN(CCN1CCNC1=O)C2. The van der Waals surface area contributed by atoms with Crippen molar-refractivity contribution in [1.82, 2.24) is 15.1 Å². The first-order valence-electron chi connectivity index (χ1n) is 9.75. The highest BCUT2D eigenvalue weighted by Crippen LogP contribution is 2.53. The number of methoxy groups -OCH3 is 1. The van der Waals surface area contributed by atoms with Crippen molar-refractivity contribution in [3.05, 3.63) is 21.9 Å². The number of carbonyl (C=O) groups excluding carboxylic acids is 2. The summed E-state index contributed by atoms with van der Waals surface area (Å²) in [7, 11) is 1.80. The summed E-state index contributed by atoms with van der Waals surface area (Å²) >= 11 is 1.48. The molecule has 3 amide bonds. The van der Waals surface area contributed by atoms with Crippen LogP contribution >= 0.6 is 11.3 Å². The van der Waals surface area contributed by atoms with Crippen LogP contribution in [0, 0.1) is 11.8 Å². The van der Waals surface area contributed by atoms with Crippen molar-refractivity contribution in [2.75, 3.05) is 46.4 Å². The van der Waals surface area contributed by atoms with Gasteiger partial charge in [0.2, 0.25) is 0 Å². The van der Waals surface area contributed by atoms with Crippen molar-refractivity contribution >= 4 is 23.3 Å². The second-order valence-corrected chi connectivity index (χ2v) is 8.91. The second kappa shape index (κ2) is 7.41. The Morgan fingerprint density at radius 2 is 2.07 bits per heavy atom. The minimum Gasteiger partial charge on any atom is -0.372 e. The van der Waals surface area contributed by atoms with E-state index in [0.717, 1.165) is 57.0 Å². The minimum atomic E-state index is -0.371. The Morgan fingerprint density at radius 3 is 2.63 bits per heavy atom. The molecule has 1 aliphatic carbocycles. The van der Waals surface area contributed by atoms with Gasteiger partial charge in [0.05, 0.1) is 4.88 Å². The Labute approximate surface area is 163 Å². The maximum absolute atomic E-state index is 11.8. The average Bonchev–Trinajstić information content (AvgIpc) is 3.28. The summed E-state index contributed by atoms with van der Waals surface area (Å²) in [6, 6.07) is 3.91. The van der Waals surface area contributed by atoms with Crippen molar-refractivity contribution in [2.45, 2.75) is 24.9 Å². The first-order valence-corrected chi connectivity index (χ1v) is 10.6. The van der Waals surface area contributed by atoms with Crippen molar-refractivity contribution in [1.29, 1.82) is 0 Å². The summed E-state index contributed by atoms with van der Waals surface area (Å²) < 4.78 is 6.23. The molecule has 4 rings (SSSR count). The number of nitrogens with two attached hydrogens (primary N) is 1. The van der Waals surface area contributed by atoms with Crippen LogP contribution in [0.2, 0.25) is 0 Å². The molecule has 1 aromatic rings. The fourth-order valence-corrected chi connectivity index (χ4v) is 6.40. The molecule has 0 aromatic carbocycles. The first kappa shape index (κ1) is 18.7. The van der Waals surface area contributed by atoms with E-state index in [1.165, 1.54) is 17.8 Å². The molecule has 3 heterocycles. The van der Waals surface area contributed by atoms with Gasteiger partial charge >= 0.3 is 6.03 Å². The van der Waals surface area contributed by atoms with Gasteiger partial charge in [-0.2, -0.15) is 0 Å². The zero-order valence-electron chi connectivity index (χ0n) is 15.8. The highest BCUT2D eigenvalue weighted by molar-refractivity contribution is 7.14. The van der Waals surface area contributed by atoms with E-state index in [4.69, 9.17) is 10.5 Å². The number of carbonyl (C=O) groups is 2. The van der Waals surface area contributed by atoms with E-state index in [1.54, 1.807) is 7.11 Å². The van der Waals surface area contributed by atoms with E-state index in [9.17, 15) is 9.59 Å². The van der Waals surface area contributed by atoms with Gasteiger partial charge in [-0.05, 0) is 25.0 Å². The number of hydrogen-bond acceptors (Lipinski definition) is 5. The van der Waals surface area contributed by atoms with Crippen LogP contribution < -0.4 is 11.1 Å². The van der Waals surface area contributed by atoms with Crippen LogP contribution in [-0.2, 0) is 10.3 Å². The van der Waals surface area contributed by atoms with Gasteiger partial charge in [-0.25, -0.2) is 4.79 Å². The molecule has 8 heteroatoms. The Kier molecular flexibility index (Phi) is 5.13. The quantitative estimate of drug-likeness (QED) is 0.767. The first-order chi connectivity index (χ1) is 13.0. The lowest BCUT2D eigenvalue weighted by atomic mass is 9.64. The summed E-state index contributed by atoms with van der Waals surface area (Å²) in [6.07, 6.45) is 3.46. The molecule has 2 atom stereocenters. The number of rotatable bonds is 6. The number of hydrogen-bond donors (Lipinski definition) is 2. The van der Waals surface area contributed by atoms with E-state index < -0.39 is 0 Å². The third kappa shape index (κ3) is 3.23. The molecule has 2 unspecified atom stereocenters. The molecule has 148 valence electrons. The molecule has 27 heavy (non-hydrogen) atoms. The van der Waals surface area contributed by atoms with Crippen LogP contribution in [0.4, 0.5) is 4.79 Å². The van der Waals surface area contributed by atoms with Crippen molar-refractivity contribution in [3.63, 3.8) is 0 Å². The highest BCUT2D eigenvalue weighted by atomic mass is 32.1. The smallest absolute Gasteiger partial charge is 0.317 e. The standard InChI is InChI=1S/C19H28N4O3S/c1-26-19(16-6-5-15(27-16)17(20)24)13-3-2-4-14(19)12-22(11-13)9-10-23-8-7-21-18(23)25/h5-6,13-14H,2-4,7-12H2,1H3,(H2,20,24)(H,21,25). The topological polar surface area (TPSA) is 87.9 Å². The molecule has 1 saturated carbocycles.